The van der Waals surface area contributed by atoms with Crippen LogP contribution < -0.4 is 10.3 Å². The van der Waals surface area contributed by atoms with Crippen molar-refractivity contribution in [1.29, 1.82) is 0 Å². The van der Waals surface area contributed by atoms with Gasteiger partial charge in [0.15, 0.2) is 5.43 Å². The number of morpholine rings is 1. The number of carbonyl (C=O) groups excluding carboxylic acids is 1. The van der Waals surface area contributed by atoms with Gasteiger partial charge in [-0.05, 0) is 30.7 Å². The van der Waals surface area contributed by atoms with E-state index in [0.717, 1.165) is 54.9 Å². The van der Waals surface area contributed by atoms with E-state index in [1.807, 2.05) is 42.2 Å². The molecule has 1 amide bonds. The fourth-order valence-electron chi connectivity index (χ4n) is 4.73. The number of nitrogens with zero attached hydrogens (tertiary/aromatic N) is 1. The van der Waals surface area contributed by atoms with E-state index in [-0.39, 0.29) is 17.1 Å². The summed E-state index contributed by atoms with van der Waals surface area (Å²) in [6.45, 7) is 7.14. The molecule has 32 heavy (non-hydrogen) atoms. The molecule has 2 aromatic carbocycles. The number of benzene rings is 2. The number of ether oxygens (including phenoxy) is 1. The Morgan fingerprint density at radius 1 is 1.09 bits per heavy atom. The predicted molar refractivity (Wildman–Crippen MR) is 125 cm³/mol. The lowest BCUT2D eigenvalue weighted by molar-refractivity contribution is -0.908. The van der Waals surface area contributed by atoms with Crippen molar-refractivity contribution >= 4 is 32.8 Å². The number of aryl methyl sites for hydroxylation is 1. The van der Waals surface area contributed by atoms with Gasteiger partial charge in [-0.25, -0.2) is 0 Å². The van der Waals surface area contributed by atoms with Crippen molar-refractivity contribution in [2.24, 2.45) is 0 Å². The molecule has 5 rings (SSSR count). The highest BCUT2D eigenvalue weighted by Gasteiger charge is 2.42. The molecule has 0 spiro atoms. The van der Waals surface area contributed by atoms with E-state index < -0.39 is 6.04 Å². The topological polar surface area (TPSA) is 64.2 Å². The fraction of sp³-hybridized carbons (Fsp3) is 0.360. The second-order valence-electron chi connectivity index (χ2n) is 8.59. The van der Waals surface area contributed by atoms with Gasteiger partial charge in [0.1, 0.15) is 18.7 Å². The zero-order chi connectivity index (χ0) is 22.2. The van der Waals surface area contributed by atoms with E-state index in [1.54, 1.807) is 12.1 Å². The molecule has 166 valence electrons. The summed E-state index contributed by atoms with van der Waals surface area (Å²) in [7, 11) is 0. The third-order valence-electron chi connectivity index (χ3n) is 6.45. The predicted octanol–water partition coefficient (Wildman–Crippen LogP) is 2.71. The van der Waals surface area contributed by atoms with E-state index in [9.17, 15) is 9.59 Å². The minimum Gasteiger partial charge on any atom is -0.450 e. The molecule has 1 unspecified atom stereocenters. The van der Waals surface area contributed by atoms with Crippen LogP contribution in [-0.4, -0.2) is 50.2 Å². The Kier molecular flexibility index (Phi) is 5.88. The van der Waals surface area contributed by atoms with Crippen molar-refractivity contribution in [2.75, 3.05) is 39.4 Å². The van der Waals surface area contributed by atoms with Gasteiger partial charge in [-0.15, -0.1) is 0 Å². The van der Waals surface area contributed by atoms with Gasteiger partial charge in [-0.3, -0.25) is 9.59 Å². The number of fused-ring (bicyclic) bond motifs is 2. The molecule has 1 saturated heterocycles. The third kappa shape index (κ3) is 3.89. The Morgan fingerprint density at radius 2 is 1.84 bits per heavy atom. The molecule has 3 aromatic rings. The first-order valence-corrected chi connectivity index (χ1v) is 11.9. The standard InChI is InChI=1S/C25H25BrN2O4/c1-16-3-5-17(6-4-16)22-21-23(29)19-15-18(26)7-8-20(19)32-24(21)25(30)28(22)10-2-9-27-11-13-31-14-12-27/h3-8,15,22H,2,9-14H2,1H3/p+1. The van der Waals surface area contributed by atoms with Crippen LogP contribution in [0.2, 0.25) is 0 Å². The minimum absolute atomic E-state index is 0.136. The summed E-state index contributed by atoms with van der Waals surface area (Å²) in [5.74, 6) is -0.0291. The molecule has 2 aliphatic heterocycles. The molecule has 1 N–H and O–H groups in total. The SMILES string of the molecule is Cc1ccc(C2c3c(oc4ccc(Br)cc4c3=O)C(=O)N2CCC[NH+]2CCOCC2)cc1. The summed E-state index contributed by atoms with van der Waals surface area (Å²) >= 11 is 3.44. The smallest absolute Gasteiger partial charge is 0.290 e. The largest absolute Gasteiger partial charge is 0.450 e. The van der Waals surface area contributed by atoms with Crippen LogP contribution in [0.15, 0.2) is 56.1 Å². The number of amides is 1. The average Bonchev–Trinajstić information content (AvgIpc) is 3.08. The van der Waals surface area contributed by atoms with Gasteiger partial charge in [0.2, 0.25) is 5.76 Å². The van der Waals surface area contributed by atoms with Crippen LogP contribution in [0.5, 0.6) is 0 Å². The maximum atomic E-state index is 13.6. The van der Waals surface area contributed by atoms with Crippen molar-refractivity contribution in [1.82, 2.24) is 4.90 Å². The minimum atomic E-state index is -0.433. The molecular formula is C25H26BrN2O4+. The molecule has 0 aliphatic carbocycles. The number of carbonyl (C=O) groups is 1. The number of halogens is 1. The Balaban J connectivity index is 1.53. The lowest BCUT2D eigenvalue weighted by atomic mass is 9.97. The van der Waals surface area contributed by atoms with Gasteiger partial charge in [0, 0.05) is 17.4 Å². The van der Waals surface area contributed by atoms with Crippen molar-refractivity contribution < 1.29 is 18.8 Å². The molecule has 1 atom stereocenters. The van der Waals surface area contributed by atoms with Gasteiger partial charge < -0.3 is 19.0 Å². The van der Waals surface area contributed by atoms with Gasteiger partial charge in [0.05, 0.1) is 36.8 Å². The van der Waals surface area contributed by atoms with Crippen molar-refractivity contribution in [3.63, 3.8) is 0 Å². The first-order valence-electron chi connectivity index (χ1n) is 11.1. The molecular weight excluding hydrogens is 472 g/mol. The van der Waals surface area contributed by atoms with Gasteiger partial charge in [-0.1, -0.05) is 45.8 Å². The summed E-state index contributed by atoms with van der Waals surface area (Å²) < 4.78 is 12.3. The highest BCUT2D eigenvalue weighted by molar-refractivity contribution is 9.10. The van der Waals surface area contributed by atoms with Gasteiger partial charge >= 0.3 is 0 Å². The number of quaternary nitrogens is 1. The lowest BCUT2D eigenvalue weighted by Crippen LogP contribution is -3.14. The fourth-order valence-corrected chi connectivity index (χ4v) is 5.09. The zero-order valence-electron chi connectivity index (χ0n) is 18.0. The normalized spacial score (nSPS) is 19.0. The first kappa shape index (κ1) is 21.4. The van der Waals surface area contributed by atoms with Crippen molar-refractivity contribution in [3.8, 4) is 0 Å². The van der Waals surface area contributed by atoms with E-state index in [1.165, 1.54) is 4.90 Å². The summed E-state index contributed by atoms with van der Waals surface area (Å²) in [5.41, 5.74) is 2.82. The molecule has 1 fully saturated rings. The Labute approximate surface area is 194 Å². The average molecular weight is 498 g/mol. The van der Waals surface area contributed by atoms with Crippen LogP contribution in [0.3, 0.4) is 0 Å². The molecule has 0 bridgehead atoms. The maximum Gasteiger partial charge on any atom is 0.290 e. The molecule has 0 saturated carbocycles. The first-order chi connectivity index (χ1) is 15.5. The van der Waals surface area contributed by atoms with Crippen LogP contribution >= 0.6 is 15.9 Å². The third-order valence-corrected chi connectivity index (χ3v) is 6.94. The van der Waals surface area contributed by atoms with E-state index >= 15 is 0 Å². The van der Waals surface area contributed by atoms with Crippen LogP contribution in [0.4, 0.5) is 0 Å². The number of nitrogens with one attached hydrogen (secondary N) is 1. The number of hydrogen-bond acceptors (Lipinski definition) is 4. The highest BCUT2D eigenvalue weighted by Crippen LogP contribution is 2.38. The molecule has 3 heterocycles. The lowest BCUT2D eigenvalue weighted by Gasteiger charge is -2.27. The molecule has 1 aromatic heterocycles. The molecule has 7 heteroatoms. The zero-order valence-corrected chi connectivity index (χ0v) is 19.6. The molecule has 6 nitrogen and oxygen atoms in total. The Hall–Kier alpha value is -2.48. The monoisotopic (exact) mass is 497 g/mol. The van der Waals surface area contributed by atoms with E-state index in [2.05, 4.69) is 15.9 Å². The van der Waals surface area contributed by atoms with Crippen molar-refractivity contribution in [3.05, 3.63) is 79.6 Å². The number of hydrogen-bond donors (Lipinski definition) is 1. The van der Waals surface area contributed by atoms with Gasteiger partial charge in [0.25, 0.3) is 5.91 Å². The summed E-state index contributed by atoms with van der Waals surface area (Å²) in [5, 5.41) is 0.489. The maximum absolute atomic E-state index is 13.6. The van der Waals surface area contributed by atoms with Crippen LogP contribution in [0.25, 0.3) is 11.0 Å². The Bertz CT molecular complexity index is 1220. The molecule has 0 radical (unpaired) electrons. The van der Waals surface area contributed by atoms with Crippen LogP contribution in [-0.2, 0) is 4.74 Å². The van der Waals surface area contributed by atoms with Crippen LogP contribution in [0, 0.1) is 6.92 Å². The van der Waals surface area contributed by atoms with E-state index in [4.69, 9.17) is 9.15 Å². The number of rotatable bonds is 5. The van der Waals surface area contributed by atoms with Crippen LogP contribution in [0.1, 0.15) is 39.7 Å². The summed E-state index contributed by atoms with van der Waals surface area (Å²) in [4.78, 5) is 30.3. The Morgan fingerprint density at radius 3 is 2.59 bits per heavy atom. The molecule has 2 aliphatic rings. The second kappa shape index (κ2) is 8.81. The second-order valence-corrected chi connectivity index (χ2v) is 9.51. The quantitative estimate of drug-likeness (QED) is 0.588. The summed E-state index contributed by atoms with van der Waals surface area (Å²) in [6, 6.07) is 12.9. The summed E-state index contributed by atoms with van der Waals surface area (Å²) in [6.07, 6.45) is 0.858. The van der Waals surface area contributed by atoms with Gasteiger partial charge in [-0.2, -0.15) is 0 Å². The van der Waals surface area contributed by atoms with E-state index in [0.29, 0.717) is 23.1 Å². The van der Waals surface area contributed by atoms with Crippen molar-refractivity contribution in [2.45, 2.75) is 19.4 Å². The highest BCUT2D eigenvalue weighted by atomic mass is 79.9.